The van der Waals surface area contributed by atoms with E-state index in [9.17, 15) is 4.79 Å². The van der Waals surface area contributed by atoms with Crippen LogP contribution in [0.5, 0.6) is 0 Å². The topological polar surface area (TPSA) is 39.4 Å². The van der Waals surface area contributed by atoms with Crippen molar-refractivity contribution in [1.29, 1.82) is 0 Å². The number of furan rings is 1. The lowest BCUT2D eigenvalue weighted by atomic mass is 10.0. The van der Waals surface area contributed by atoms with Crippen LogP contribution in [-0.2, 0) is 4.74 Å². The molecule has 16 heavy (non-hydrogen) atoms. The summed E-state index contributed by atoms with van der Waals surface area (Å²) in [5.41, 5.74) is 0.768. The number of rotatable bonds is 2. The molecule has 0 radical (unpaired) electrons. The lowest BCUT2D eigenvalue weighted by Crippen LogP contribution is -2.13. The Morgan fingerprint density at radius 2 is 2.19 bits per heavy atom. The van der Waals surface area contributed by atoms with Gasteiger partial charge in [-0.25, -0.2) is 0 Å². The SMILES string of the molecule is O=C(c1cc2ccccc2o1)C1CCOC1. The first-order valence-corrected chi connectivity index (χ1v) is 5.45. The van der Waals surface area contributed by atoms with Gasteiger partial charge in [0.2, 0.25) is 5.78 Å². The van der Waals surface area contributed by atoms with Crippen LogP contribution < -0.4 is 0 Å². The second-order valence-electron chi connectivity index (χ2n) is 4.07. The van der Waals surface area contributed by atoms with Crippen LogP contribution in [-0.4, -0.2) is 19.0 Å². The van der Waals surface area contributed by atoms with Crippen molar-refractivity contribution in [3.63, 3.8) is 0 Å². The molecule has 2 heterocycles. The standard InChI is InChI=1S/C13H12O3/c14-13(10-5-6-15-8-10)12-7-9-3-1-2-4-11(9)16-12/h1-4,7,10H,5-6,8H2. The molecule has 1 saturated heterocycles. The van der Waals surface area contributed by atoms with E-state index in [1.807, 2.05) is 30.3 Å². The molecule has 1 aliphatic rings. The van der Waals surface area contributed by atoms with Crippen molar-refractivity contribution in [2.75, 3.05) is 13.2 Å². The van der Waals surface area contributed by atoms with Crippen LogP contribution in [0, 0.1) is 5.92 Å². The second kappa shape index (κ2) is 3.76. The molecule has 0 bridgehead atoms. The Balaban J connectivity index is 1.96. The van der Waals surface area contributed by atoms with Crippen LogP contribution in [0.4, 0.5) is 0 Å². The van der Waals surface area contributed by atoms with Gasteiger partial charge in [-0.1, -0.05) is 18.2 Å². The maximum atomic E-state index is 12.0. The average Bonchev–Trinajstić information content (AvgIpc) is 2.97. The van der Waals surface area contributed by atoms with Crippen molar-refractivity contribution in [2.24, 2.45) is 5.92 Å². The fourth-order valence-corrected chi connectivity index (χ4v) is 2.05. The smallest absolute Gasteiger partial charge is 0.203 e. The molecule has 0 amide bonds. The number of ether oxygens (including phenoxy) is 1. The summed E-state index contributed by atoms with van der Waals surface area (Å²) in [6.07, 6.45) is 0.801. The van der Waals surface area contributed by atoms with Gasteiger partial charge in [0.05, 0.1) is 12.5 Å². The highest BCUT2D eigenvalue weighted by Gasteiger charge is 2.26. The van der Waals surface area contributed by atoms with Gasteiger partial charge in [-0.05, 0) is 18.6 Å². The van der Waals surface area contributed by atoms with Gasteiger partial charge in [-0.2, -0.15) is 0 Å². The molecule has 1 aliphatic heterocycles. The molecule has 1 unspecified atom stereocenters. The van der Waals surface area contributed by atoms with E-state index in [0.29, 0.717) is 19.0 Å². The normalized spacial score (nSPS) is 20.4. The lowest BCUT2D eigenvalue weighted by Gasteiger charge is -2.01. The number of carbonyl (C=O) groups excluding carboxylic acids is 1. The first-order valence-electron chi connectivity index (χ1n) is 5.45. The number of fused-ring (bicyclic) bond motifs is 1. The van der Waals surface area contributed by atoms with Crippen LogP contribution >= 0.6 is 0 Å². The molecular weight excluding hydrogens is 204 g/mol. The largest absolute Gasteiger partial charge is 0.453 e. The van der Waals surface area contributed by atoms with E-state index in [0.717, 1.165) is 17.4 Å². The molecule has 1 aromatic carbocycles. The Labute approximate surface area is 93.0 Å². The Bertz CT molecular complexity index is 488. The third-order valence-corrected chi connectivity index (χ3v) is 2.97. The predicted octanol–water partition coefficient (Wildman–Crippen LogP) is 2.65. The molecule has 1 aromatic heterocycles. The summed E-state index contributed by atoms with van der Waals surface area (Å²) in [7, 11) is 0. The van der Waals surface area contributed by atoms with Crippen molar-refractivity contribution in [1.82, 2.24) is 0 Å². The summed E-state index contributed by atoms with van der Waals surface area (Å²) in [6.45, 7) is 1.20. The molecule has 3 rings (SSSR count). The van der Waals surface area contributed by atoms with Crippen LogP contribution in [0.15, 0.2) is 34.7 Å². The first-order chi connectivity index (χ1) is 7.84. The lowest BCUT2D eigenvalue weighted by molar-refractivity contribution is 0.0874. The summed E-state index contributed by atoms with van der Waals surface area (Å²) in [4.78, 5) is 12.0. The molecule has 0 spiro atoms. The average molecular weight is 216 g/mol. The molecule has 3 nitrogen and oxygen atoms in total. The number of benzene rings is 1. The van der Waals surface area contributed by atoms with Crippen molar-refractivity contribution >= 4 is 16.8 Å². The molecule has 3 heteroatoms. The van der Waals surface area contributed by atoms with E-state index in [2.05, 4.69) is 0 Å². The molecule has 0 saturated carbocycles. The number of hydrogen-bond acceptors (Lipinski definition) is 3. The third kappa shape index (κ3) is 1.53. The third-order valence-electron chi connectivity index (χ3n) is 2.97. The second-order valence-corrected chi connectivity index (χ2v) is 4.07. The van der Waals surface area contributed by atoms with Gasteiger partial charge >= 0.3 is 0 Å². The molecule has 1 atom stereocenters. The minimum Gasteiger partial charge on any atom is -0.453 e. The van der Waals surface area contributed by atoms with E-state index in [-0.39, 0.29) is 11.7 Å². The van der Waals surface area contributed by atoms with E-state index in [1.54, 1.807) is 0 Å². The van der Waals surface area contributed by atoms with Gasteiger partial charge < -0.3 is 9.15 Å². The summed E-state index contributed by atoms with van der Waals surface area (Å²) in [5, 5.41) is 0.977. The quantitative estimate of drug-likeness (QED) is 0.724. The maximum absolute atomic E-state index is 12.0. The predicted molar refractivity (Wildman–Crippen MR) is 59.5 cm³/mol. The summed E-state index contributed by atoms with van der Waals surface area (Å²) in [6, 6.07) is 9.47. The molecule has 0 aliphatic carbocycles. The fraction of sp³-hybridized carbons (Fsp3) is 0.308. The zero-order valence-electron chi connectivity index (χ0n) is 8.81. The summed E-state index contributed by atoms with van der Waals surface area (Å²) < 4.78 is 10.7. The molecule has 0 N–H and O–H groups in total. The van der Waals surface area contributed by atoms with Crippen molar-refractivity contribution in [3.8, 4) is 0 Å². The van der Waals surface area contributed by atoms with Gasteiger partial charge in [0.1, 0.15) is 5.58 Å². The number of Topliss-reactive ketones (excluding diaryl/α,β-unsaturated/α-hetero) is 1. The van der Waals surface area contributed by atoms with E-state index >= 15 is 0 Å². The van der Waals surface area contributed by atoms with E-state index < -0.39 is 0 Å². The van der Waals surface area contributed by atoms with Gasteiger partial charge in [0.15, 0.2) is 5.76 Å². The first kappa shape index (κ1) is 9.60. The van der Waals surface area contributed by atoms with Gasteiger partial charge in [0, 0.05) is 12.0 Å². The van der Waals surface area contributed by atoms with Gasteiger partial charge in [-0.3, -0.25) is 4.79 Å². The van der Waals surface area contributed by atoms with Gasteiger partial charge in [0.25, 0.3) is 0 Å². The minimum atomic E-state index is -0.0273. The highest BCUT2D eigenvalue weighted by Crippen LogP contribution is 2.24. The Kier molecular flexibility index (Phi) is 2.26. The van der Waals surface area contributed by atoms with Crippen LogP contribution in [0.2, 0.25) is 0 Å². The summed E-state index contributed by atoms with van der Waals surface area (Å²) >= 11 is 0. The molecular formula is C13H12O3. The molecule has 2 aromatic rings. The molecule has 82 valence electrons. The van der Waals surface area contributed by atoms with Crippen molar-refractivity contribution in [3.05, 3.63) is 36.1 Å². The Morgan fingerprint density at radius 1 is 1.31 bits per heavy atom. The zero-order valence-corrected chi connectivity index (χ0v) is 8.81. The van der Waals surface area contributed by atoms with Crippen LogP contribution in [0.1, 0.15) is 17.0 Å². The molecule has 1 fully saturated rings. The zero-order chi connectivity index (χ0) is 11.0. The number of carbonyl (C=O) groups is 1. The number of hydrogen-bond donors (Lipinski definition) is 0. The van der Waals surface area contributed by atoms with Gasteiger partial charge in [-0.15, -0.1) is 0 Å². The Morgan fingerprint density at radius 3 is 2.94 bits per heavy atom. The van der Waals surface area contributed by atoms with Crippen LogP contribution in [0.3, 0.4) is 0 Å². The van der Waals surface area contributed by atoms with E-state index in [4.69, 9.17) is 9.15 Å². The highest BCUT2D eigenvalue weighted by atomic mass is 16.5. The number of ketones is 1. The van der Waals surface area contributed by atoms with Crippen LogP contribution in [0.25, 0.3) is 11.0 Å². The monoisotopic (exact) mass is 216 g/mol. The Hall–Kier alpha value is -1.61. The number of para-hydroxylation sites is 1. The fourth-order valence-electron chi connectivity index (χ4n) is 2.05. The van der Waals surface area contributed by atoms with Crippen molar-refractivity contribution in [2.45, 2.75) is 6.42 Å². The van der Waals surface area contributed by atoms with E-state index in [1.165, 1.54) is 0 Å². The highest BCUT2D eigenvalue weighted by molar-refractivity contribution is 5.99. The van der Waals surface area contributed by atoms with Crippen molar-refractivity contribution < 1.29 is 13.9 Å². The maximum Gasteiger partial charge on any atom is 0.203 e. The minimum absolute atomic E-state index is 0.0273. The summed E-state index contributed by atoms with van der Waals surface area (Å²) in [5.74, 6) is 0.492.